The van der Waals surface area contributed by atoms with Crippen LogP contribution in [0.1, 0.15) is 22.6 Å². The quantitative estimate of drug-likeness (QED) is 0.917. The van der Waals surface area contributed by atoms with Crippen molar-refractivity contribution in [2.45, 2.75) is 19.4 Å². The van der Waals surface area contributed by atoms with Crippen molar-refractivity contribution in [3.8, 4) is 0 Å². The zero-order chi connectivity index (χ0) is 14.8. The summed E-state index contributed by atoms with van der Waals surface area (Å²) in [4.78, 5) is 14.7. The van der Waals surface area contributed by atoms with Gasteiger partial charge < -0.3 is 10.2 Å². The van der Waals surface area contributed by atoms with Crippen molar-refractivity contribution in [2.24, 2.45) is 0 Å². The molecule has 3 heteroatoms. The summed E-state index contributed by atoms with van der Waals surface area (Å²) >= 11 is 0. The first-order valence-corrected chi connectivity index (χ1v) is 7.30. The molecule has 1 aliphatic rings. The molecule has 0 saturated carbocycles. The highest BCUT2D eigenvalue weighted by molar-refractivity contribution is 5.98. The molecule has 1 N–H and O–H groups in total. The predicted molar refractivity (Wildman–Crippen MR) is 85.5 cm³/mol. The number of nitrogens with zero attached hydrogens (tertiary/aromatic N) is 1. The van der Waals surface area contributed by atoms with Crippen molar-refractivity contribution in [3.05, 3.63) is 65.2 Å². The first-order valence-electron chi connectivity index (χ1n) is 7.30. The van der Waals surface area contributed by atoms with Crippen LogP contribution < -0.4 is 10.2 Å². The van der Waals surface area contributed by atoms with Gasteiger partial charge in [-0.1, -0.05) is 42.5 Å². The van der Waals surface area contributed by atoms with E-state index >= 15 is 0 Å². The maximum Gasteiger partial charge on any atom is 0.235 e. The lowest BCUT2D eigenvalue weighted by Crippen LogP contribution is -2.40. The molecule has 0 saturated heterocycles. The van der Waals surface area contributed by atoms with E-state index in [1.54, 1.807) is 4.90 Å². The van der Waals surface area contributed by atoms with E-state index < -0.39 is 0 Å². The summed E-state index contributed by atoms with van der Waals surface area (Å²) < 4.78 is 0. The number of likely N-dealkylation sites (N-methyl/N-ethyl adjacent to an activating group) is 1. The van der Waals surface area contributed by atoms with Crippen LogP contribution in [-0.4, -0.2) is 19.5 Å². The molecule has 0 aromatic heterocycles. The summed E-state index contributed by atoms with van der Waals surface area (Å²) in [6.07, 6.45) is 0. The third-order valence-corrected chi connectivity index (χ3v) is 4.20. The van der Waals surface area contributed by atoms with Crippen molar-refractivity contribution < 1.29 is 4.79 Å². The lowest BCUT2D eigenvalue weighted by Gasteiger charge is -2.30. The molecule has 1 amide bonds. The van der Waals surface area contributed by atoms with Gasteiger partial charge >= 0.3 is 0 Å². The second-order valence-corrected chi connectivity index (χ2v) is 5.57. The maximum atomic E-state index is 12.9. The zero-order valence-corrected chi connectivity index (χ0v) is 12.5. The molecule has 21 heavy (non-hydrogen) atoms. The van der Waals surface area contributed by atoms with E-state index in [4.69, 9.17) is 0 Å². The van der Waals surface area contributed by atoms with Crippen molar-refractivity contribution in [1.29, 1.82) is 0 Å². The molecule has 108 valence electrons. The first kappa shape index (κ1) is 13.8. The van der Waals surface area contributed by atoms with Gasteiger partial charge in [-0.2, -0.15) is 0 Å². The Labute approximate surface area is 125 Å². The number of amides is 1. The van der Waals surface area contributed by atoms with Crippen LogP contribution in [-0.2, 0) is 11.3 Å². The fraction of sp³-hybridized carbons (Fsp3) is 0.278. The standard InChI is InChI=1S/C18H20N2O/c1-13-7-3-6-10-17(13)20(2)18(21)16-12-19-11-14-8-4-5-9-15(14)16/h3-10,16,19H,11-12H2,1-2H3. The van der Waals surface area contributed by atoms with Crippen LogP contribution in [0.2, 0.25) is 0 Å². The van der Waals surface area contributed by atoms with Gasteiger partial charge in [0.05, 0.1) is 5.92 Å². The Kier molecular flexibility index (Phi) is 3.76. The van der Waals surface area contributed by atoms with Crippen LogP contribution in [0.15, 0.2) is 48.5 Å². The van der Waals surface area contributed by atoms with Crippen LogP contribution in [0, 0.1) is 6.92 Å². The van der Waals surface area contributed by atoms with Gasteiger partial charge in [-0.15, -0.1) is 0 Å². The van der Waals surface area contributed by atoms with Crippen LogP contribution in [0.4, 0.5) is 5.69 Å². The molecule has 0 spiro atoms. The van der Waals surface area contributed by atoms with Gasteiger partial charge in [-0.25, -0.2) is 0 Å². The molecule has 2 aromatic rings. The average molecular weight is 280 g/mol. The van der Waals surface area contributed by atoms with Gasteiger partial charge in [-0.3, -0.25) is 4.79 Å². The van der Waals surface area contributed by atoms with E-state index in [-0.39, 0.29) is 11.8 Å². The van der Waals surface area contributed by atoms with Gasteiger partial charge in [0.15, 0.2) is 0 Å². The second kappa shape index (κ2) is 5.70. The number of anilines is 1. The minimum atomic E-state index is -0.112. The Morgan fingerprint density at radius 2 is 1.86 bits per heavy atom. The van der Waals surface area contributed by atoms with Crippen LogP contribution >= 0.6 is 0 Å². The maximum absolute atomic E-state index is 12.9. The fourth-order valence-electron chi connectivity index (χ4n) is 3.01. The molecule has 1 aliphatic heterocycles. The third kappa shape index (κ3) is 2.57. The van der Waals surface area contributed by atoms with E-state index in [0.29, 0.717) is 6.54 Å². The van der Waals surface area contributed by atoms with Gasteiger partial charge in [0, 0.05) is 25.8 Å². The molecule has 1 heterocycles. The van der Waals surface area contributed by atoms with E-state index in [1.165, 1.54) is 5.56 Å². The lowest BCUT2D eigenvalue weighted by atomic mass is 9.89. The summed E-state index contributed by atoms with van der Waals surface area (Å²) in [6, 6.07) is 16.2. The Morgan fingerprint density at radius 1 is 1.14 bits per heavy atom. The summed E-state index contributed by atoms with van der Waals surface area (Å²) in [7, 11) is 1.86. The Hall–Kier alpha value is -2.13. The Morgan fingerprint density at radius 3 is 2.67 bits per heavy atom. The Bertz CT molecular complexity index is 666. The number of aryl methyl sites for hydroxylation is 1. The van der Waals surface area contributed by atoms with E-state index in [2.05, 4.69) is 17.4 Å². The molecule has 1 unspecified atom stereocenters. The van der Waals surface area contributed by atoms with Crippen molar-refractivity contribution >= 4 is 11.6 Å². The fourth-order valence-corrected chi connectivity index (χ4v) is 3.01. The number of carbonyl (C=O) groups excluding carboxylic acids is 1. The molecule has 0 radical (unpaired) electrons. The molecular formula is C18H20N2O. The number of hydrogen-bond acceptors (Lipinski definition) is 2. The topological polar surface area (TPSA) is 32.3 Å². The average Bonchev–Trinajstić information content (AvgIpc) is 2.53. The second-order valence-electron chi connectivity index (χ2n) is 5.57. The number of carbonyl (C=O) groups is 1. The monoisotopic (exact) mass is 280 g/mol. The molecule has 1 atom stereocenters. The summed E-state index contributed by atoms with van der Waals surface area (Å²) in [6.45, 7) is 3.58. The van der Waals surface area contributed by atoms with E-state index in [0.717, 1.165) is 23.4 Å². The highest BCUT2D eigenvalue weighted by Crippen LogP contribution is 2.28. The highest BCUT2D eigenvalue weighted by atomic mass is 16.2. The molecule has 0 aliphatic carbocycles. The number of rotatable bonds is 2. The first-order chi connectivity index (χ1) is 10.2. The molecule has 0 fully saturated rings. The molecule has 3 nitrogen and oxygen atoms in total. The number of benzene rings is 2. The number of nitrogens with one attached hydrogen (secondary N) is 1. The van der Waals surface area contributed by atoms with Gasteiger partial charge in [0.2, 0.25) is 5.91 Å². The van der Waals surface area contributed by atoms with Crippen LogP contribution in [0.25, 0.3) is 0 Å². The van der Waals surface area contributed by atoms with Crippen molar-refractivity contribution in [2.75, 3.05) is 18.5 Å². The molecule has 0 bridgehead atoms. The summed E-state index contributed by atoms with van der Waals surface area (Å²) in [5.41, 5.74) is 4.47. The number of hydrogen-bond donors (Lipinski definition) is 1. The van der Waals surface area contributed by atoms with Crippen LogP contribution in [0.3, 0.4) is 0 Å². The van der Waals surface area contributed by atoms with E-state index in [9.17, 15) is 4.79 Å². The number of para-hydroxylation sites is 1. The molecular weight excluding hydrogens is 260 g/mol. The summed E-state index contributed by atoms with van der Waals surface area (Å²) in [5.74, 6) is 0.0310. The molecule has 2 aromatic carbocycles. The SMILES string of the molecule is Cc1ccccc1N(C)C(=O)C1CNCc2ccccc21. The van der Waals surface area contributed by atoms with Crippen molar-refractivity contribution in [3.63, 3.8) is 0 Å². The third-order valence-electron chi connectivity index (χ3n) is 4.20. The normalized spacial score (nSPS) is 17.1. The smallest absolute Gasteiger partial charge is 0.235 e. The Balaban J connectivity index is 1.91. The van der Waals surface area contributed by atoms with E-state index in [1.807, 2.05) is 50.4 Å². The van der Waals surface area contributed by atoms with Gasteiger partial charge in [0.1, 0.15) is 0 Å². The summed E-state index contributed by atoms with van der Waals surface area (Å²) in [5, 5.41) is 3.35. The van der Waals surface area contributed by atoms with Crippen LogP contribution in [0.5, 0.6) is 0 Å². The minimum Gasteiger partial charge on any atom is -0.315 e. The zero-order valence-electron chi connectivity index (χ0n) is 12.5. The highest BCUT2D eigenvalue weighted by Gasteiger charge is 2.29. The number of fused-ring (bicyclic) bond motifs is 1. The lowest BCUT2D eigenvalue weighted by molar-refractivity contribution is -0.119. The van der Waals surface area contributed by atoms with Gasteiger partial charge in [0.25, 0.3) is 0 Å². The largest absolute Gasteiger partial charge is 0.315 e. The van der Waals surface area contributed by atoms with Crippen molar-refractivity contribution in [1.82, 2.24) is 5.32 Å². The molecule has 3 rings (SSSR count). The predicted octanol–water partition coefficient (Wildman–Crippen LogP) is 2.84. The van der Waals surface area contributed by atoms with Gasteiger partial charge in [-0.05, 0) is 29.7 Å². The minimum absolute atomic E-state index is 0.112.